The first kappa shape index (κ1) is 19.4. The van der Waals surface area contributed by atoms with Crippen molar-refractivity contribution in [2.45, 2.75) is 26.8 Å². The fourth-order valence-electron chi connectivity index (χ4n) is 3.57. The molecule has 3 rings (SSSR count). The van der Waals surface area contributed by atoms with Crippen LogP contribution in [-0.2, 0) is 11.3 Å². The third-order valence-electron chi connectivity index (χ3n) is 5.21. The maximum atomic E-state index is 12.5. The summed E-state index contributed by atoms with van der Waals surface area (Å²) in [6, 6.07) is 0.0170. The molecule has 0 unspecified atom stereocenters. The van der Waals surface area contributed by atoms with E-state index in [1.165, 1.54) is 6.42 Å². The van der Waals surface area contributed by atoms with E-state index in [0.717, 1.165) is 69.9 Å². The van der Waals surface area contributed by atoms with Gasteiger partial charge in [-0.15, -0.1) is 11.3 Å². The third-order valence-corrected chi connectivity index (χ3v) is 6.16. The third kappa shape index (κ3) is 5.08. The second kappa shape index (κ2) is 9.53. The standard InChI is InChI=1S/C18H31N5O2S/c1-3-21-6-5-15(12-21)13-22(4-2)17(24)19-11-16-14-26-18(20-16)23-7-9-25-10-8-23/h14-15H,3-13H2,1-2H3,(H,19,24)/t15-/m0/s1. The molecule has 3 heterocycles. The number of thiazole rings is 1. The molecule has 8 heteroatoms. The summed E-state index contributed by atoms with van der Waals surface area (Å²) in [4.78, 5) is 23.8. The van der Waals surface area contributed by atoms with E-state index in [0.29, 0.717) is 12.5 Å². The average molecular weight is 382 g/mol. The monoisotopic (exact) mass is 381 g/mol. The molecule has 2 fully saturated rings. The van der Waals surface area contributed by atoms with Crippen molar-refractivity contribution in [3.05, 3.63) is 11.1 Å². The molecule has 26 heavy (non-hydrogen) atoms. The molecule has 2 aliphatic heterocycles. The van der Waals surface area contributed by atoms with Crippen LogP contribution in [0.2, 0.25) is 0 Å². The van der Waals surface area contributed by atoms with Crippen LogP contribution in [0.3, 0.4) is 0 Å². The van der Waals surface area contributed by atoms with Crippen LogP contribution in [0.15, 0.2) is 5.38 Å². The van der Waals surface area contributed by atoms with Crippen molar-refractivity contribution >= 4 is 22.5 Å². The van der Waals surface area contributed by atoms with Gasteiger partial charge in [-0.05, 0) is 32.4 Å². The molecule has 2 aliphatic rings. The Morgan fingerprint density at radius 1 is 1.38 bits per heavy atom. The first-order chi connectivity index (χ1) is 12.7. The Balaban J connectivity index is 1.45. The minimum absolute atomic E-state index is 0.0170. The molecule has 1 aromatic heterocycles. The van der Waals surface area contributed by atoms with Gasteiger partial charge in [0.25, 0.3) is 0 Å². The zero-order valence-electron chi connectivity index (χ0n) is 15.9. The molecule has 0 bridgehead atoms. The lowest BCUT2D eigenvalue weighted by molar-refractivity contribution is 0.122. The number of morpholine rings is 1. The van der Waals surface area contributed by atoms with Crippen LogP contribution >= 0.6 is 11.3 Å². The summed E-state index contributed by atoms with van der Waals surface area (Å²) in [5, 5.41) is 6.10. The number of aromatic nitrogens is 1. The molecular formula is C18H31N5O2S. The summed E-state index contributed by atoms with van der Waals surface area (Å²) in [7, 11) is 0. The molecule has 1 aromatic rings. The molecule has 2 saturated heterocycles. The largest absolute Gasteiger partial charge is 0.378 e. The molecule has 1 atom stereocenters. The maximum Gasteiger partial charge on any atom is 0.317 e. The molecule has 0 saturated carbocycles. The number of urea groups is 1. The first-order valence-electron chi connectivity index (χ1n) is 9.71. The first-order valence-corrected chi connectivity index (χ1v) is 10.6. The fourth-order valence-corrected chi connectivity index (χ4v) is 4.45. The number of nitrogens with one attached hydrogen (secondary N) is 1. The van der Waals surface area contributed by atoms with Gasteiger partial charge in [0.15, 0.2) is 5.13 Å². The molecule has 0 spiro atoms. The van der Waals surface area contributed by atoms with Gasteiger partial charge >= 0.3 is 6.03 Å². The highest BCUT2D eigenvalue weighted by Gasteiger charge is 2.25. The predicted molar refractivity (Wildman–Crippen MR) is 105 cm³/mol. The van der Waals surface area contributed by atoms with Crippen molar-refractivity contribution in [3.8, 4) is 0 Å². The number of nitrogens with zero attached hydrogens (tertiary/aromatic N) is 4. The smallest absolute Gasteiger partial charge is 0.317 e. The van der Waals surface area contributed by atoms with Gasteiger partial charge in [-0.1, -0.05) is 6.92 Å². The highest BCUT2D eigenvalue weighted by Crippen LogP contribution is 2.21. The van der Waals surface area contributed by atoms with E-state index >= 15 is 0 Å². The van der Waals surface area contributed by atoms with Gasteiger partial charge < -0.3 is 24.8 Å². The highest BCUT2D eigenvalue weighted by molar-refractivity contribution is 7.13. The summed E-state index contributed by atoms with van der Waals surface area (Å²) < 4.78 is 5.38. The maximum absolute atomic E-state index is 12.5. The zero-order chi connectivity index (χ0) is 18.4. The van der Waals surface area contributed by atoms with Gasteiger partial charge in [-0.2, -0.15) is 0 Å². The summed E-state index contributed by atoms with van der Waals surface area (Å²) >= 11 is 1.64. The Morgan fingerprint density at radius 3 is 2.88 bits per heavy atom. The summed E-state index contributed by atoms with van der Waals surface area (Å²) in [6.45, 7) is 13.0. The van der Waals surface area contributed by atoms with Crippen LogP contribution in [0, 0.1) is 5.92 Å². The number of likely N-dealkylation sites (tertiary alicyclic amines) is 1. The second-order valence-corrected chi connectivity index (χ2v) is 7.80. The average Bonchev–Trinajstić information content (AvgIpc) is 3.34. The van der Waals surface area contributed by atoms with E-state index in [-0.39, 0.29) is 6.03 Å². The van der Waals surface area contributed by atoms with Gasteiger partial charge in [-0.3, -0.25) is 0 Å². The minimum atomic E-state index is 0.0170. The lowest BCUT2D eigenvalue weighted by Crippen LogP contribution is -2.42. The number of anilines is 1. The molecule has 0 aromatic carbocycles. The van der Waals surface area contributed by atoms with Crippen molar-refractivity contribution < 1.29 is 9.53 Å². The summed E-state index contributed by atoms with van der Waals surface area (Å²) in [5.41, 5.74) is 0.930. The topological polar surface area (TPSA) is 60.9 Å². The second-order valence-electron chi connectivity index (χ2n) is 6.97. The van der Waals surface area contributed by atoms with Crippen molar-refractivity contribution in [2.24, 2.45) is 5.92 Å². The summed E-state index contributed by atoms with van der Waals surface area (Å²) in [6.07, 6.45) is 1.19. The Bertz CT molecular complexity index is 576. The quantitative estimate of drug-likeness (QED) is 0.781. The van der Waals surface area contributed by atoms with Crippen LogP contribution in [-0.4, -0.2) is 79.8 Å². The molecule has 146 valence electrons. The molecule has 0 aliphatic carbocycles. The lowest BCUT2D eigenvalue weighted by Gasteiger charge is -2.26. The highest BCUT2D eigenvalue weighted by atomic mass is 32.1. The van der Waals surface area contributed by atoms with E-state index in [9.17, 15) is 4.79 Å². The van der Waals surface area contributed by atoms with Crippen molar-refractivity contribution in [1.29, 1.82) is 0 Å². The minimum Gasteiger partial charge on any atom is -0.378 e. The number of carbonyl (C=O) groups excluding carboxylic acids is 1. The Kier molecular flexibility index (Phi) is 7.10. The van der Waals surface area contributed by atoms with E-state index < -0.39 is 0 Å². The van der Waals surface area contributed by atoms with Crippen LogP contribution in [0.1, 0.15) is 26.0 Å². The lowest BCUT2D eigenvalue weighted by atomic mass is 10.1. The van der Waals surface area contributed by atoms with Gasteiger partial charge in [0.1, 0.15) is 0 Å². The fraction of sp³-hybridized carbons (Fsp3) is 0.778. The molecule has 0 radical (unpaired) electrons. The van der Waals surface area contributed by atoms with Crippen LogP contribution in [0.25, 0.3) is 0 Å². The van der Waals surface area contributed by atoms with E-state index in [1.54, 1.807) is 11.3 Å². The number of amides is 2. The Hall–Kier alpha value is -1.38. The van der Waals surface area contributed by atoms with Gasteiger partial charge in [0, 0.05) is 38.1 Å². The molecule has 7 nitrogen and oxygen atoms in total. The van der Waals surface area contributed by atoms with Crippen LogP contribution in [0.5, 0.6) is 0 Å². The number of hydrogen-bond donors (Lipinski definition) is 1. The van der Waals surface area contributed by atoms with Crippen LogP contribution < -0.4 is 10.2 Å². The number of hydrogen-bond acceptors (Lipinski definition) is 6. The molecule has 1 N–H and O–H groups in total. The number of ether oxygens (including phenoxy) is 1. The van der Waals surface area contributed by atoms with Crippen LogP contribution in [0.4, 0.5) is 9.93 Å². The van der Waals surface area contributed by atoms with E-state index in [1.807, 2.05) is 17.2 Å². The zero-order valence-corrected chi connectivity index (χ0v) is 16.8. The van der Waals surface area contributed by atoms with Gasteiger partial charge in [-0.25, -0.2) is 9.78 Å². The molecule has 2 amide bonds. The Morgan fingerprint density at radius 2 is 2.19 bits per heavy atom. The van der Waals surface area contributed by atoms with Gasteiger partial charge in [0.2, 0.25) is 0 Å². The number of rotatable bonds is 7. The SMILES string of the molecule is CCN1CC[C@H](CN(CC)C(=O)NCc2csc(N3CCOCC3)n2)C1. The van der Waals surface area contributed by atoms with E-state index in [2.05, 4.69) is 27.0 Å². The van der Waals surface area contributed by atoms with Gasteiger partial charge in [0.05, 0.1) is 25.5 Å². The summed E-state index contributed by atoms with van der Waals surface area (Å²) in [5.74, 6) is 0.591. The normalized spacial score (nSPS) is 21.2. The molecular weight excluding hydrogens is 350 g/mol. The van der Waals surface area contributed by atoms with E-state index in [4.69, 9.17) is 4.74 Å². The van der Waals surface area contributed by atoms with Crippen molar-refractivity contribution in [3.63, 3.8) is 0 Å². The number of carbonyl (C=O) groups is 1. The van der Waals surface area contributed by atoms with Crippen molar-refractivity contribution in [1.82, 2.24) is 20.1 Å². The van der Waals surface area contributed by atoms with Crippen molar-refractivity contribution in [2.75, 3.05) is 63.9 Å². The predicted octanol–water partition coefficient (Wildman–Crippen LogP) is 1.85. The Labute approximate surface area is 160 Å².